The van der Waals surface area contributed by atoms with Crippen LogP contribution in [0.3, 0.4) is 0 Å². The van der Waals surface area contributed by atoms with Crippen molar-refractivity contribution in [1.29, 1.82) is 0 Å². The summed E-state index contributed by atoms with van der Waals surface area (Å²) in [5.41, 5.74) is 5.10. The summed E-state index contributed by atoms with van der Waals surface area (Å²) in [6.07, 6.45) is 2.98. The van der Waals surface area contributed by atoms with Crippen molar-refractivity contribution < 1.29 is 19.4 Å². The molecule has 0 aliphatic heterocycles. The summed E-state index contributed by atoms with van der Waals surface area (Å²) < 4.78 is 5.90. The second-order valence-electron chi connectivity index (χ2n) is 8.23. The normalized spacial score (nSPS) is 11.4. The van der Waals surface area contributed by atoms with Crippen LogP contribution in [0.1, 0.15) is 33.5 Å². The Hall–Kier alpha value is -2.20. The van der Waals surface area contributed by atoms with Gasteiger partial charge in [0.1, 0.15) is 6.04 Å². The third-order valence-corrected chi connectivity index (χ3v) is 6.73. The SMILES string of the molecule is CSCC[C@H](NC(=O)c1ccc(COCCc2ccccc2Cl)cc1-c1ccccc1C)C(=O)O.[LiH]. The van der Waals surface area contributed by atoms with Gasteiger partial charge in [0, 0.05) is 10.6 Å². The minimum atomic E-state index is -1.03. The molecule has 3 aromatic carbocycles. The topological polar surface area (TPSA) is 75.6 Å². The maximum absolute atomic E-state index is 13.2. The van der Waals surface area contributed by atoms with Gasteiger partial charge in [-0.25, -0.2) is 4.79 Å². The van der Waals surface area contributed by atoms with Crippen LogP contribution in [0.4, 0.5) is 0 Å². The summed E-state index contributed by atoms with van der Waals surface area (Å²) in [5.74, 6) is -0.789. The van der Waals surface area contributed by atoms with E-state index >= 15 is 0 Å². The van der Waals surface area contributed by atoms with Crippen LogP contribution in [0.25, 0.3) is 11.1 Å². The minimum absolute atomic E-state index is 0. The van der Waals surface area contributed by atoms with Gasteiger partial charge in [0.25, 0.3) is 5.91 Å². The van der Waals surface area contributed by atoms with E-state index in [4.69, 9.17) is 16.3 Å². The van der Waals surface area contributed by atoms with Crippen molar-refractivity contribution in [1.82, 2.24) is 5.32 Å². The van der Waals surface area contributed by atoms with Crippen molar-refractivity contribution >= 4 is 54.1 Å². The Morgan fingerprint density at radius 2 is 1.78 bits per heavy atom. The summed E-state index contributed by atoms with van der Waals surface area (Å²) in [6, 6.07) is 20.1. The second kappa shape index (κ2) is 15.1. The molecule has 0 saturated heterocycles. The van der Waals surface area contributed by atoms with Gasteiger partial charge in [0.05, 0.1) is 13.2 Å². The van der Waals surface area contributed by atoms with Gasteiger partial charge in [-0.3, -0.25) is 4.79 Å². The predicted octanol–water partition coefficient (Wildman–Crippen LogP) is 5.36. The quantitative estimate of drug-likeness (QED) is 0.249. The zero-order valence-corrected chi connectivity index (χ0v) is 21.5. The third kappa shape index (κ3) is 8.43. The monoisotopic (exact) mass is 519 g/mol. The molecular weight excluding hydrogens is 489 g/mol. The number of carboxylic acids is 1. The van der Waals surface area contributed by atoms with Crippen LogP contribution in [-0.2, 0) is 22.6 Å². The number of thioether (sulfide) groups is 1. The first-order valence-corrected chi connectivity index (χ1v) is 13.2. The fraction of sp³-hybridized carbons (Fsp3) is 0.286. The number of halogens is 1. The predicted molar refractivity (Wildman–Crippen MR) is 150 cm³/mol. The fourth-order valence-electron chi connectivity index (χ4n) is 3.78. The van der Waals surface area contributed by atoms with Gasteiger partial charge in [0.15, 0.2) is 0 Å². The standard InChI is InChI=1S/C28H30ClNO4S.Li.H/c1-19-7-3-5-9-22(19)24-17-20(18-34-15-13-21-8-4-6-10-25(21)29)11-12-23(24)27(31)30-26(28(32)33)14-16-35-2;;/h3-12,17,26H,13-16,18H2,1-2H3,(H,30,31)(H,32,33);;/t26-;;/m0../s1. The third-order valence-electron chi connectivity index (χ3n) is 5.72. The summed E-state index contributed by atoms with van der Waals surface area (Å²) in [6.45, 7) is 2.89. The number of rotatable bonds is 12. The van der Waals surface area contributed by atoms with Crippen molar-refractivity contribution in [2.24, 2.45) is 0 Å². The Bertz CT molecular complexity index is 1170. The van der Waals surface area contributed by atoms with Gasteiger partial charge in [-0.05, 0) is 77.8 Å². The maximum atomic E-state index is 13.2. The molecule has 2 N–H and O–H groups in total. The van der Waals surface area contributed by atoms with E-state index in [-0.39, 0.29) is 18.9 Å². The summed E-state index contributed by atoms with van der Waals surface area (Å²) >= 11 is 7.77. The Labute approximate surface area is 234 Å². The molecule has 0 saturated carbocycles. The molecule has 0 fully saturated rings. The molecule has 3 aromatic rings. The number of carboxylic acid groups (broad SMARTS) is 1. The molecule has 0 radical (unpaired) electrons. The molecule has 0 aliphatic carbocycles. The molecule has 8 heteroatoms. The molecule has 1 amide bonds. The van der Waals surface area contributed by atoms with Crippen molar-refractivity contribution in [3.63, 3.8) is 0 Å². The van der Waals surface area contributed by atoms with Crippen LogP contribution in [0, 0.1) is 6.92 Å². The van der Waals surface area contributed by atoms with Crippen LogP contribution in [0.2, 0.25) is 5.02 Å². The van der Waals surface area contributed by atoms with E-state index in [1.54, 1.807) is 17.8 Å². The number of hydrogen-bond donors (Lipinski definition) is 2. The number of aliphatic carboxylic acids is 1. The molecule has 0 aliphatic rings. The first-order chi connectivity index (χ1) is 16.9. The average molecular weight is 520 g/mol. The zero-order chi connectivity index (χ0) is 25.2. The molecule has 0 spiro atoms. The molecule has 5 nitrogen and oxygen atoms in total. The Kier molecular flexibility index (Phi) is 12.6. The van der Waals surface area contributed by atoms with E-state index in [9.17, 15) is 14.7 Å². The van der Waals surface area contributed by atoms with Gasteiger partial charge in [-0.1, -0.05) is 60.1 Å². The van der Waals surface area contributed by atoms with E-state index in [0.29, 0.717) is 37.4 Å². The average Bonchev–Trinajstić information content (AvgIpc) is 2.85. The molecule has 0 bridgehead atoms. The van der Waals surface area contributed by atoms with Crippen LogP contribution < -0.4 is 5.32 Å². The summed E-state index contributed by atoms with van der Waals surface area (Å²) in [5, 5.41) is 13.0. The van der Waals surface area contributed by atoms with E-state index < -0.39 is 17.9 Å². The Morgan fingerprint density at radius 1 is 1.06 bits per heavy atom. The van der Waals surface area contributed by atoms with E-state index in [1.807, 2.05) is 73.8 Å². The van der Waals surface area contributed by atoms with Gasteiger partial charge in [0.2, 0.25) is 0 Å². The number of carbonyl (C=O) groups is 2. The van der Waals surface area contributed by atoms with Gasteiger partial charge >= 0.3 is 24.8 Å². The fourth-order valence-corrected chi connectivity index (χ4v) is 4.48. The number of benzene rings is 3. The van der Waals surface area contributed by atoms with E-state index in [1.165, 1.54) is 0 Å². The molecule has 1 atom stereocenters. The van der Waals surface area contributed by atoms with E-state index in [2.05, 4.69) is 5.32 Å². The van der Waals surface area contributed by atoms with Crippen molar-refractivity contribution in [3.05, 3.63) is 94.0 Å². The second-order valence-corrected chi connectivity index (χ2v) is 9.63. The number of amides is 1. The first kappa shape index (κ1) is 30.0. The van der Waals surface area contributed by atoms with Gasteiger partial charge in [-0.15, -0.1) is 0 Å². The van der Waals surface area contributed by atoms with Crippen molar-refractivity contribution in [2.75, 3.05) is 18.6 Å². The molecule has 36 heavy (non-hydrogen) atoms. The van der Waals surface area contributed by atoms with E-state index in [0.717, 1.165) is 32.8 Å². The van der Waals surface area contributed by atoms with Crippen molar-refractivity contribution in [3.8, 4) is 11.1 Å². The molecular formula is C28H31ClLiNO4S. The number of hydrogen-bond acceptors (Lipinski definition) is 4. The molecule has 0 aromatic heterocycles. The summed E-state index contributed by atoms with van der Waals surface area (Å²) in [4.78, 5) is 24.8. The Balaban J connectivity index is 0.00000456. The van der Waals surface area contributed by atoms with Crippen LogP contribution in [-0.4, -0.2) is 60.5 Å². The molecule has 0 unspecified atom stereocenters. The number of nitrogens with one attached hydrogen (secondary N) is 1. The first-order valence-electron chi connectivity index (χ1n) is 11.4. The number of carbonyl (C=O) groups excluding carboxylic acids is 1. The zero-order valence-electron chi connectivity index (χ0n) is 19.9. The van der Waals surface area contributed by atoms with Crippen LogP contribution in [0.15, 0.2) is 66.7 Å². The van der Waals surface area contributed by atoms with Crippen LogP contribution >= 0.6 is 23.4 Å². The van der Waals surface area contributed by atoms with Gasteiger partial charge < -0.3 is 15.2 Å². The Morgan fingerprint density at radius 3 is 2.47 bits per heavy atom. The van der Waals surface area contributed by atoms with Crippen molar-refractivity contribution in [2.45, 2.75) is 32.4 Å². The van der Waals surface area contributed by atoms with Gasteiger partial charge in [-0.2, -0.15) is 11.8 Å². The number of aryl methyl sites for hydroxylation is 1. The molecule has 0 heterocycles. The molecule has 3 rings (SSSR count). The summed E-state index contributed by atoms with van der Waals surface area (Å²) in [7, 11) is 0. The van der Waals surface area contributed by atoms with Crippen LogP contribution in [0.5, 0.6) is 0 Å². The molecule has 186 valence electrons. The number of ether oxygens (including phenoxy) is 1.